The van der Waals surface area contributed by atoms with Crippen LogP contribution in [0.5, 0.6) is 0 Å². The number of rotatable bonds is 8. The normalized spacial score (nSPS) is 20.0. The Morgan fingerprint density at radius 3 is 2.13 bits per heavy atom. The molecule has 1 aromatic carbocycles. The topological polar surface area (TPSA) is 86.9 Å². The van der Waals surface area contributed by atoms with E-state index in [4.69, 9.17) is 10.8 Å². The highest BCUT2D eigenvalue weighted by Gasteiger charge is 2.32. The summed E-state index contributed by atoms with van der Waals surface area (Å²) in [5.41, 5.74) is 10.2. The Morgan fingerprint density at radius 2 is 1.58 bits per heavy atom. The van der Waals surface area contributed by atoms with Crippen molar-refractivity contribution in [2.75, 3.05) is 32.7 Å². The van der Waals surface area contributed by atoms with Gasteiger partial charge in [0, 0.05) is 13.1 Å². The molecule has 1 atom stereocenters. The number of carboxylic acid groups (broad SMARTS) is 1. The van der Waals surface area contributed by atoms with Gasteiger partial charge in [-0.05, 0) is 86.6 Å². The number of amides is 1. The number of benzene rings is 1. The molecular weight excluding hydrogens is 390 g/mol. The first-order chi connectivity index (χ1) is 14.9. The molecule has 0 unspecified atom stereocenters. The van der Waals surface area contributed by atoms with Gasteiger partial charge < -0.3 is 15.7 Å². The third kappa shape index (κ3) is 6.30. The molecule has 0 aliphatic carbocycles. The third-order valence-corrected chi connectivity index (χ3v) is 7.31. The van der Waals surface area contributed by atoms with Gasteiger partial charge in [-0.25, -0.2) is 0 Å². The molecule has 6 nitrogen and oxygen atoms in total. The average molecular weight is 430 g/mol. The lowest BCUT2D eigenvalue weighted by atomic mass is 9.78. The second-order valence-electron chi connectivity index (χ2n) is 9.29. The summed E-state index contributed by atoms with van der Waals surface area (Å²) >= 11 is 0. The summed E-state index contributed by atoms with van der Waals surface area (Å²) in [6.07, 6.45) is 6.83. The Balaban J connectivity index is 1.46. The second kappa shape index (κ2) is 11.1. The van der Waals surface area contributed by atoms with Crippen LogP contribution in [0.15, 0.2) is 18.2 Å². The molecule has 3 rings (SSSR count). The van der Waals surface area contributed by atoms with Gasteiger partial charge in [0.25, 0.3) is 0 Å². The van der Waals surface area contributed by atoms with Crippen molar-refractivity contribution >= 4 is 11.9 Å². The van der Waals surface area contributed by atoms with Crippen LogP contribution < -0.4 is 5.73 Å². The minimum atomic E-state index is -0.742. The zero-order chi connectivity index (χ0) is 22.4. The van der Waals surface area contributed by atoms with Crippen LogP contribution in [0.25, 0.3) is 0 Å². The molecule has 2 aliphatic rings. The van der Waals surface area contributed by atoms with Crippen LogP contribution in [0, 0.1) is 11.8 Å². The number of aliphatic carboxylic acids is 1. The van der Waals surface area contributed by atoms with Gasteiger partial charge in [0.2, 0.25) is 5.91 Å². The summed E-state index contributed by atoms with van der Waals surface area (Å²) in [4.78, 5) is 27.8. The Bertz CT molecular complexity index is 750. The number of carbonyl (C=O) groups excluding carboxylic acids is 1. The van der Waals surface area contributed by atoms with Crippen LogP contribution >= 0.6 is 0 Å². The Hall–Kier alpha value is -1.92. The van der Waals surface area contributed by atoms with Gasteiger partial charge in [0.15, 0.2) is 0 Å². The van der Waals surface area contributed by atoms with E-state index in [9.17, 15) is 9.59 Å². The molecule has 0 radical (unpaired) electrons. The lowest BCUT2D eigenvalue weighted by Crippen LogP contribution is -2.49. The first-order valence-electron chi connectivity index (χ1n) is 12.0. The molecule has 1 aromatic rings. The molecule has 2 heterocycles. The number of carbonyl (C=O) groups is 2. The lowest BCUT2D eigenvalue weighted by Gasteiger charge is -2.40. The molecule has 0 bridgehead atoms. The van der Waals surface area contributed by atoms with Gasteiger partial charge in [-0.2, -0.15) is 0 Å². The molecule has 1 amide bonds. The van der Waals surface area contributed by atoms with Gasteiger partial charge in [-0.1, -0.05) is 32.0 Å². The second-order valence-corrected chi connectivity index (χ2v) is 9.29. The first kappa shape index (κ1) is 23.7. The molecule has 172 valence electrons. The molecule has 2 fully saturated rings. The lowest BCUT2D eigenvalue weighted by molar-refractivity contribution is -0.138. The predicted molar refractivity (Wildman–Crippen MR) is 123 cm³/mol. The van der Waals surface area contributed by atoms with E-state index in [1.807, 2.05) is 9.80 Å². The van der Waals surface area contributed by atoms with E-state index in [0.29, 0.717) is 18.3 Å². The molecule has 0 saturated carbocycles. The van der Waals surface area contributed by atoms with Gasteiger partial charge in [-0.15, -0.1) is 0 Å². The Labute approximate surface area is 186 Å². The molecule has 31 heavy (non-hydrogen) atoms. The highest BCUT2D eigenvalue weighted by molar-refractivity contribution is 5.82. The van der Waals surface area contributed by atoms with Crippen molar-refractivity contribution in [3.05, 3.63) is 34.9 Å². The van der Waals surface area contributed by atoms with Crippen LogP contribution in [-0.2, 0) is 28.9 Å². The molecule has 0 aromatic heterocycles. The van der Waals surface area contributed by atoms with Crippen molar-refractivity contribution in [3.8, 4) is 0 Å². The fourth-order valence-corrected chi connectivity index (χ4v) is 5.42. The van der Waals surface area contributed by atoms with E-state index >= 15 is 0 Å². The largest absolute Gasteiger partial charge is 0.480 e. The number of nitrogens with two attached hydrogens (primary N) is 1. The van der Waals surface area contributed by atoms with Crippen LogP contribution in [0.2, 0.25) is 0 Å². The monoisotopic (exact) mass is 429 g/mol. The summed E-state index contributed by atoms with van der Waals surface area (Å²) in [5.74, 6) is 0.627. The van der Waals surface area contributed by atoms with Crippen molar-refractivity contribution in [3.63, 3.8) is 0 Å². The number of nitrogens with zero attached hydrogens (tertiary/aromatic N) is 2. The number of aryl methyl sites for hydroxylation is 2. The quantitative estimate of drug-likeness (QED) is 0.664. The standard InChI is InChI=1S/C25H39N3O3/c1-3-19-6-5-18(15-20(19)4-2)16-23(26)25(31)28-13-9-22(10-14-28)21-7-11-27(12-8-21)17-24(29)30/h5-6,15,21-23H,3-4,7-14,16-17,26H2,1-2H3,(H,29,30)/t23-/m1/s1. The number of hydrogen-bond donors (Lipinski definition) is 2. The summed E-state index contributed by atoms with van der Waals surface area (Å²) in [7, 11) is 0. The first-order valence-corrected chi connectivity index (χ1v) is 12.0. The fourth-order valence-electron chi connectivity index (χ4n) is 5.42. The van der Waals surface area contributed by atoms with E-state index in [0.717, 1.165) is 70.3 Å². The maximum absolute atomic E-state index is 12.9. The van der Waals surface area contributed by atoms with Crippen molar-refractivity contribution in [1.82, 2.24) is 9.80 Å². The van der Waals surface area contributed by atoms with Crippen molar-refractivity contribution in [1.29, 1.82) is 0 Å². The Morgan fingerprint density at radius 1 is 1.00 bits per heavy atom. The van der Waals surface area contributed by atoms with E-state index < -0.39 is 12.0 Å². The summed E-state index contributed by atoms with van der Waals surface area (Å²) in [5, 5.41) is 8.96. The average Bonchev–Trinajstić information content (AvgIpc) is 2.78. The fraction of sp³-hybridized carbons (Fsp3) is 0.680. The zero-order valence-electron chi connectivity index (χ0n) is 19.2. The van der Waals surface area contributed by atoms with Crippen molar-refractivity contribution < 1.29 is 14.7 Å². The van der Waals surface area contributed by atoms with Crippen LogP contribution in [-0.4, -0.2) is 65.5 Å². The van der Waals surface area contributed by atoms with Gasteiger partial charge in [-0.3, -0.25) is 14.5 Å². The van der Waals surface area contributed by atoms with Crippen molar-refractivity contribution in [2.45, 2.75) is 64.8 Å². The van der Waals surface area contributed by atoms with E-state index in [2.05, 4.69) is 32.0 Å². The molecule has 2 aliphatic heterocycles. The Kier molecular flexibility index (Phi) is 8.50. The zero-order valence-corrected chi connectivity index (χ0v) is 19.2. The van der Waals surface area contributed by atoms with Crippen LogP contribution in [0.4, 0.5) is 0 Å². The minimum Gasteiger partial charge on any atom is -0.480 e. The van der Waals surface area contributed by atoms with Gasteiger partial charge in [0.1, 0.15) is 0 Å². The highest BCUT2D eigenvalue weighted by Crippen LogP contribution is 2.32. The highest BCUT2D eigenvalue weighted by atomic mass is 16.4. The SMILES string of the molecule is CCc1ccc(C[C@@H](N)C(=O)N2CCC(C3CCN(CC(=O)O)CC3)CC2)cc1CC. The molecule has 0 spiro atoms. The summed E-state index contributed by atoms with van der Waals surface area (Å²) in [6, 6.07) is 6.04. The van der Waals surface area contributed by atoms with E-state index in [1.54, 1.807) is 0 Å². The van der Waals surface area contributed by atoms with Gasteiger partial charge in [0.05, 0.1) is 12.6 Å². The number of likely N-dealkylation sites (tertiary alicyclic amines) is 2. The van der Waals surface area contributed by atoms with Crippen LogP contribution in [0.1, 0.15) is 56.2 Å². The number of carboxylic acids is 1. The molecule has 6 heteroatoms. The van der Waals surface area contributed by atoms with E-state index in [1.165, 1.54) is 11.1 Å². The number of hydrogen-bond acceptors (Lipinski definition) is 4. The maximum Gasteiger partial charge on any atom is 0.317 e. The van der Waals surface area contributed by atoms with Crippen LogP contribution in [0.3, 0.4) is 0 Å². The summed E-state index contributed by atoms with van der Waals surface area (Å²) in [6.45, 7) is 7.83. The number of piperidine rings is 2. The molecule has 2 saturated heterocycles. The molecule has 3 N–H and O–H groups in total. The van der Waals surface area contributed by atoms with Gasteiger partial charge >= 0.3 is 5.97 Å². The van der Waals surface area contributed by atoms with E-state index in [-0.39, 0.29) is 12.5 Å². The molecular formula is C25H39N3O3. The smallest absolute Gasteiger partial charge is 0.317 e. The minimum absolute atomic E-state index is 0.0762. The maximum atomic E-state index is 12.9. The predicted octanol–water partition coefficient (Wildman–Crippen LogP) is 2.72. The van der Waals surface area contributed by atoms with Crippen molar-refractivity contribution in [2.24, 2.45) is 17.6 Å². The third-order valence-electron chi connectivity index (χ3n) is 7.31. The summed E-state index contributed by atoms with van der Waals surface area (Å²) < 4.78 is 0.